The molecule has 0 radical (unpaired) electrons. The highest BCUT2D eigenvalue weighted by Gasteiger charge is 2.30. The maximum absolute atomic E-state index is 11.9. The molecule has 2 aromatic carbocycles. The lowest BCUT2D eigenvalue weighted by molar-refractivity contribution is 0.0441. The third-order valence-electron chi connectivity index (χ3n) is 3.09. The highest BCUT2D eigenvalue weighted by atomic mass is 16.6. The number of rotatable bonds is 3. The van der Waals surface area contributed by atoms with Crippen molar-refractivity contribution in [1.82, 2.24) is 0 Å². The number of benzene rings is 2. The molecule has 0 atom stereocenters. The van der Waals surface area contributed by atoms with Gasteiger partial charge in [0.25, 0.3) is 0 Å². The summed E-state index contributed by atoms with van der Waals surface area (Å²) in [4.78, 5) is 34.7. The van der Waals surface area contributed by atoms with Crippen LogP contribution < -0.4 is 0 Å². The number of hydrogen-bond donors (Lipinski definition) is 0. The fourth-order valence-corrected chi connectivity index (χ4v) is 2.02. The first kappa shape index (κ1) is 13.1. The van der Waals surface area contributed by atoms with E-state index in [0.29, 0.717) is 0 Å². The summed E-state index contributed by atoms with van der Waals surface area (Å²) in [6.45, 7) is 0.139. The predicted octanol–water partition coefficient (Wildman–Crippen LogP) is 2.35. The Morgan fingerprint density at radius 2 is 1.67 bits per heavy atom. The second kappa shape index (κ2) is 5.20. The van der Waals surface area contributed by atoms with Crippen LogP contribution in [0, 0.1) is 0 Å². The SMILES string of the molecule is O=C(OCc1ccccc1)c1ccc2c(c1)C(=O)OC2=O. The molecule has 3 rings (SSSR count). The molecule has 1 heterocycles. The number of hydrogen-bond acceptors (Lipinski definition) is 5. The second-order valence-corrected chi connectivity index (χ2v) is 4.50. The van der Waals surface area contributed by atoms with Crippen LogP contribution in [0.4, 0.5) is 0 Å². The summed E-state index contributed by atoms with van der Waals surface area (Å²) in [6, 6.07) is 13.4. The minimum absolute atomic E-state index is 0.0918. The largest absolute Gasteiger partial charge is 0.457 e. The Labute approximate surface area is 120 Å². The van der Waals surface area contributed by atoms with Crippen molar-refractivity contribution in [2.24, 2.45) is 0 Å². The minimum atomic E-state index is -0.743. The molecule has 0 saturated heterocycles. The molecule has 0 saturated carbocycles. The number of carbonyl (C=O) groups excluding carboxylic acids is 3. The van der Waals surface area contributed by atoms with Crippen molar-refractivity contribution in [2.75, 3.05) is 0 Å². The lowest BCUT2D eigenvalue weighted by Gasteiger charge is -2.05. The zero-order valence-corrected chi connectivity index (χ0v) is 10.9. The third kappa shape index (κ3) is 2.53. The molecule has 0 N–H and O–H groups in total. The summed E-state index contributed by atoms with van der Waals surface area (Å²) in [5.74, 6) is -2.00. The van der Waals surface area contributed by atoms with E-state index in [1.54, 1.807) is 0 Å². The van der Waals surface area contributed by atoms with Crippen LogP contribution in [-0.4, -0.2) is 17.9 Å². The fourth-order valence-electron chi connectivity index (χ4n) is 2.02. The van der Waals surface area contributed by atoms with E-state index in [2.05, 4.69) is 4.74 Å². The van der Waals surface area contributed by atoms with Gasteiger partial charge in [0.05, 0.1) is 16.7 Å². The molecule has 1 aliphatic rings. The Bertz CT molecular complexity index is 734. The summed E-state index contributed by atoms with van der Waals surface area (Å²) >= 11 is 0. The van der Waals surface area contributed by atoms with Crippen molar-refractivity contribution in [3.8, 4) is 0 Å². The molecule has 0 unspecified atom stereocenters. The molecule has 1 aliphatic heterocycles. The Morgan fingerprint density at radius 1 is 0.952 bits per heavy atom. The van der Waals surface area contributed by atoms with Gasteiger partial charge in [0.1, 0.15) is 6.61 Å². The van der Waals surface area contributed by atoms with E-state index in [1.807, 2.05) is 30.3 Å². The first-order valence-corrected chi connectivity index (χ1v) is 6.27. The molecule has 0 fully saturated rings. The Hall–Kier alpha value is -2.95. The Balaban J connectivity index is 1.76. The Kier molecular flexibility index (Phi) is 3.23. The highest BCUT2D eigenvalue weighted by molar-refractivity contribution is 6.15. The van der Waals surface area contributed by atoms with Crippen LogP contribution in [0.15, 0.2) is 48.5 Å². The first-order chi connectivity index (χ1) is 10.1. The molecule has 0 aromatic heterocycles. The summed E-state index contributed by atoms with van der Waals surface area (Å²) in [6.07, 6.45) is 0. The average Bonchev–Trinajstić information content (AvgIpc) is 2.80. The standard InChI is InChI=1S/C16H10O5/c17-14(20-9-10-4-2-1-3-5-10)11-6-7-12-13(8-11)16(19)21-15(12)18/h1-8H,9H2. The van der Waals surface area contributed by atoms with Crippen molar-refractivity contribution in [1.29, 1.82) is 0 Å². The molecule has 5 heteroatoms. The maximum atomic E-state index is 11.9. The van der Waals surface area contributed by atoms with Crippen molar-refractivity contribution in [3.05, 3.63) is 70.8 Å². The van der Waals surface area contributed by atoms with Gasteiger partial charge in [0.15, 0.2) is 0 Å². The van der Waals surface area contributed by atoms with Gasteiger partial charge in [0.2, 0.25) is 0 Å². The topological polar surface area (TPSA) is 69.7 Å². The van der Waals surface area contributed by atoms with Gasteiger partial charge in [0, 0.05) is 0 Å². The first-order valence-electron chi connectivity index (χ1n) is 6.27. The normalized spacial score (nSPS) is 12.8. The van der Waals surface area contributed by atoms with E-state index >= 15 is 0 Å². The van der Waals surface area contributed by atoms with E-state index in [1.165, 1.54) is 18.2 Å². The Morgan fingerprint density at radius 3 is 2.43 bits per heavy atom. The molecule has 0 amide bonds. The molecular weight excluding hydrogens is 272 g/mol. The van der Waals surface area contributed by atoms with Crippen LogP contribution in [-0.2, 0) is 16.1 Å². The summed E-state index contributed by atoms with van der Waals surface area (Å²) in [5.41, 5.74) is 1.33. The number of cyclic esters (lactones) is 2. The van der Waals surface area contributed by atoms with Gasteiger partial charge in [-0.25, -0.2) is 14.4 Å². The fraction of sp³-hybridized carbons (Fsp3) is 0.0625. The van der Waals surface area contributed by atoms with Gasteiger partial charge in [-0.2, -0.15) is 0 Å². The van der Waals surface area contributed by atoms with Crippen molar-refractivity contribution < 1.29 is 23.9 Å². The van der Waals surface area contributed by atoms with Crippen molar-refractivity contribution >= 4 is 17.9 Å². The molecular formula is C16H10O5. The third-order valence-corrected chi connectivity index (χ3v) is 3.09. The van der Waals surface area contributed by atoms with Gasteiger partial charge in [-0.15, -0.1) is 0 Å². The maximum Gasteiger partial charge on any atom is 0.346 e. The number of esters is 3. The smallest absolute Gasteiger partial charge is 0.346 e. The van der Waals surface area contributed by atoms with E-state index in [0.717, 1.165) is 5.56 Å². The van der Waals surface area contributed by atoms with E-state index in [9.17, 15) is 14.4 Å². The van der Waals surface area contributed by atoms with Gasteiger partial charge < -0.3 is 9.47 Å². The zero-order valence-electron chi connectivity index (χ0n) is 10.9. The average molecular weight is 282 g/mol. The molecule has 0 bridgehead atoms. The minimum Gasteiger partial charge on any atom is -0.457 e. The van der Waals surface area contributed by atoms with Gasteiger partial charge in [-0.1, -0.05) is 30.3 Å². The van der Waals surface area contributed by atoms with Crippen LogP contribution in [0.2, 0.25) is 0 Å². The second-order valence-electron chi connectivity index (χ2n) is 4.50. The molecule has 2 aromatic rings. The lowest BCUT2D eigenvalue weighted by Crippen LogP contribution is -2.06. The number of carbonyl (C=O) groups is 3. The van der Waals surface area contributed by atoms with Crippen LogP contribution in [0.5, 0.6) is 0 Å². The van der Waals surface area contributed by atoms with E-state index < -0.39 is 17.9 Å². The van der Waals surface area contributed by atoms with E-state index in [4.69, 9.17) is 4.74 Å². The van der Waals surface area contributed by atoms with Crippen LogP contribution >= 0.6 is 0 Å². The van der Waals surface area contributed by atoms with Gasteiger partial charge >= 0.3 is 17.9 Å². The summed E-state index contributed by atoms with van der Waals surface area (Å²) in [7, 11) is 0. The number of fused-ring (bicyclic) bond motifs is 1. The molecule has 0 spiro atoms. The highest BCUT2D eigenvalue weighted by Crippen LogP contribution is 2.21. The summed E-state index contributed by atoms with van der Waals surface area (Å²) in [5, 5.41) is 0. The zero-order chi connectivity index (χ0) is 14.8. The summed E-state index contributed by atoms with van der Waals surface area (Å²) < 4.78 is 9.63. The van der Waals surface area contributed by atoms with Crippen LogP contribution in [0.3, 0.4) is 0 Å². The number of ether oxygens (including phenoxy) is 2. The monoisotopic (exact) mass is 282 g/mol. The predicted molar refractivity (Wildman–Crippen MR) is 71.7 cm³/mol. The van der Waals surface area contributed by atoms with Crippen LogP contribution in [0.1, 0.15) is 36.6 Å². The van der Waals surface area contributed by atoms with Crippen molar-refractivity contribution in [2.45, 2.75) is 6.61 Å². The van der Waals surface area contributed by atoms with Gasteiger partial charge in [-0.05, 0) is 23.8 Å². The molecule has 5 nitrogen and oxygen atoms in total. The quantitative estimate of drug-likeness (QED) is 0.638. The molecule has 0 aliphatic carbocycles. The molecule has 104 valence electrons. The van der Waals surface area contributed by atoms with Crippen molar-refractivity contribution in [3.63, 3.8) is 0 Å². The molecule has 21 heavy (non-hydrogen) atoms. The van der Waals surface area contributed by atoms with Crippen LogP contribution in [0.25, 0.3) is 0 Å². The lowest BCUT2D eigenvalue weighted by atomic mass is 10.1. The van der Waals surface area contributed by atoms with E-state index in [-0.39, 0.29) is 23.3 Å². The van der Waals surface area contributed by atoms with Gasteiger partial charge in [-0.3, -0.25) is 0 Å².